The topological polar surface area (TPSA) is 37.3 Å². The van der Waals surface area contributed by atoms with E-state index in [0.717, 1.165) is 6.42 Å². The summed E-state index contributed by atoms with van der Waals surface area (Å²) in [5.74, 6) is -0.607. The van der Waals surface area contributed by atoms with Gasteiger partial charge in [-0.3, -0.25) is 4.79 Å². The van der Waals surface area contributed by atoms with Gasteiger partial charge in [0, 0.05) is 0 Å². The number of allylic oxidation sites excluding steroid dienone is 1. The molecular weight excluding hydrogens is 140 g/mol. The van der Waals surface area contributed by atoms with Crippen LogP contribution in [0.3, 0.4) is 0 Å². The predicted octanol–water partition coefficient (Wildman–Crippen LogP) is 2.31. The average molecular weight is 156 g/mol. The van der Waals surface area contributed by atoms with E-state index in [-0.39, 0.29) is 5.92 Å². The fourth-order valence-electron chi connectivity index (χ4n) is 0.755. The Morgan fingerprint density at radius 2 is 2.18 bits per heavy atom. The molecule has 0 aromatic rings. The fourth-order valence-corrected chi connectivity index (χ4v) is 0.755. The van der Waals surface area contributed by atoms with Gasteiger partial charge in [0.25, 0.3) is 0 Å². The van der Waals surface area contributed by atoms with Crippen molar-refractivity contribution in [2.75, 3.05) is 0 Å². The molecule has 0 rings (SSSR count). The molecule has 0 fully saturated rings. The highest BCUT2D eigenvalue weighted by atomic mass is 16.4. The number of carboxylic acids is 1. The molecule has 0 radical (unpaired) electrons. The van der Waals surface area contributed by atoms with E-state index < -0.39 is 11.4 Å². The summed E-state index contributed by atoms with van der Waals surface area (Å²) in [6.07, 6.45) is 2.51. The van der Waals surface area contributed by atoms with Crippen LogP contribution in [0.25, 0.3) is 0 Å². The predicted molar refractivity (Wildman–Crippen MR) is 45.4 cm³/mol. The molecule has 0 spiro atoms. The molecule has 0 aliphatic heterocycles. The van der Waals surface area contributed by atoms with Crippen LogP contribution in [0.4, 0.5) is 0 Å². The summed E-state index contributed by atoms with van der Waals surface area (Å²) in [4.78, 5) is 10.7. The highest BCUT2D eigenvalue weighted by Gasteiger charge is 2.32. The maximum atomic E-state index is 10.7. The van der Waals surface area contributed by atoms with Gasteiger partial charge in [0.1, 0.15) is 0 Å². The van der Waals surface area contributed by atoms with E-state index in [4.69, 9.17) is 5.11 Å². The SMILES string of the molecule is C=CCC(C)C(C)(C)C(=O)O. The van der Waals surface area contributed by atoms with Gasteiger partial charge in [0.2, 0.25) is 0 Å². The molecule has 1 unspecified atom stereocenters. The van der Waals surface area contributed by atoms with Gasteiger partial charge in [0.05, 0.1) is 5.41 Å². The van der Waals surface area contributed by atoms with E-state index in [1.54, 1.807) is 19.9 Å². The summed E-state index contributed by atoms with van der Waals surface area (Å²) in [6.45, 7) is 8.99. The second-order valence-electron chi connectivity index (χ2n) is 3.45. The summed E-state index contributed by atoms with van der Waals surface area (Å²) in [5.41, 5.74) is -0.645. The number of hydrogen-bond acceptors (Lipinski definition) is 1. The minimum absolute atomic E-state index is 0.137. The first-order chi connectivity index (χ1) is 4.92. The highest BCUT2D eigenvalue weighted by molar-refractivity contribution is 5.73. The fraction of sp³-hybridized carbons (Fsp3) is 0.667. The van der Waals surface area contributed by atoms with E-state index in [0.29, 0.717) is 0 Å². The standard InChI is InChI=1S/C9H16O2/c1-5-6-7(2)9(3,4)8(10)11/h5,7H,1,6H2,2-4H3,(H,10,11). The number of carbonyl (C=O) groups is 1. The molecule has 1 N–H and O–H groups in total. The molecule has 64 valence electrons. The van der Waals surface area contributed by atoms with E-state index in [1.165, 1.54) is 0 Å². The van der Waals surface area contributed by atoms with Crippen molar-refractivity contribution < 1.29 is 9.90 Å². The van der Waals surface area contributed by atoms with Crippen molar-refractivity contribution in [2.24, 2.45) is 11.3 Å². The largest absolute Gasteiger partial charge is 0.481 e. The van der Waals surface area contributed by atoms with Crippen molar-refractivity contribution in [2.45, 2.75) is 27.2 Å². The maximum absolute atomic E-state index is 10.7. The second-order valence-corrected chi connectivity index (χ2v) is 3.45. The first kappa shape index (κ1) is 10.2. The Kier molecular flexibility index (Phi) is 3.30. The van der Waals surface area contributed by atoms with Gasteiger partial charge in [-0.1, -0.05) is 13.0 Å². The zero-order chi connectivity index (χ0) is 9.07. The lowest BCUT2D eigenvalue weighted by Gasteiger charge is -2.25. The van der Waals surface area contributed by atoms with Gasteiger partial charge in [0.15, 0.2) is 0 Å². The van der Waals surface area contributed by atoms with Gasteiger partial charge < -0.3 is 5.11 Å². The molecule has 0 aromatic heterocycles. The van der Waals surface area contributed by atoms with Gasteiger partial charge >= 0.3 is 5.97 Å². The van der Waals surface area contributed by atoms with Crippen molar-refractivity contribution in [3.05, 3.63) is 12.7 Å². The normalized spacial score (nSPS) is 14.1. The Labute approximate surface area is 67.9 Å². The molecule has 11 heavy (non-hydrogen) atoms. The van der Waals surface area contributed by atoms with Crippen molar-refractivity contribution >= 4 is 5.97 Å². The Hall–Kier alpha value is -0.790. The van der Waals surface area contributed by atoms with Crippen LogP contribution in [0.2, 0.25) is 0 Å². The van der Waals surface area contributed by atoms with Crippen LogP contribution in [-0.4, -0.2) is 11.1 Å². The smallest absolute Gasteiger partial charge is 0.309 e. The maximum Gasteiger partial charge on any atom is 0.309 e. The van der Waals surface area contributed by atoms with Crippen molar-refractivity contribution in [1.82, 2.24) is 0 Å². The Bertz CT molecular complexity index is 159. The van der Waals surface area contributed by atoms with E-state index in [1.807, 2.05) is 6.92 Å². The summed E-state index contributed by atoms with van der Waals surface area (Å²) >= 11 is 0. The van der Waals surface area contributed by atoms with Gasteiger partial charge in [-0.15, -0.1) is 6.58 Å². The molecule has 0 saturated heterocycles. The van der Waals surface area contributed by atoms with Crippen molar-refractivity contribution in [3.8, 4) is 0 Å². The van der Waals surface area contributed by atoms with Crippen molar-refractivity contribution in [3.63, 3.8) is 0 Å². The zero-order valence-corrected chi connectivity index (χ0v) is 7.42. The van der Waals surface area contributed by atoms with Gasteiger partial charge in [-0.05, 0) is 26.2 Å². The molecule has 0 heterocycles. The van der Waals surface area contributed by atoms with E-state index in [9.17, 15) is 4.79 Å². The molecule has 0 amide bonds. The van der Waals surface area contributed by atoms with Crippen LogP contribution in [-0.2, 0) is 4.79 Å². The van der Waals surface area contributed by atoms with Crippen LogP contribution in [0.5, 0.6) is 0 Å². The van der Waals surface area contributed by atoms with Gasteiger partial charge in [-0.2, -0.15) is 0 Å². The molecular formula is C9H16O2. The average Bonchev–Trinajstić information content (AvgIpc) is 1.88. The van der Waals surface area contributed by atoms with E-state index >= 15 is 0 Å². The summed E-state index contributed by atoms with van der Waals surface area (Å²) in [7, 11) is 0. The van der Waals surface area contributed by atoms with E-state index in [2.05, 4.69) is 6.58 Å². The summed E-state index contributed by atoms with van der Waals surface area (Å²) in [6, 6.07) is 0. The van der Waals surface area contributed by atoms with Crippen molar-refractivity contribution in [1.29, 1.82) is 0 Å². The third-order valence-corrected chi connectivity index (χ3v) is 2.30. The minimum atomic E-state index is -0.744. The summed E-state index contributed by atoms with van der Waals surface area (Å²) in [5, 5.41) is 8.80. The Morgan fingerprint density at radius 1 is 1.73 bits per heavy atom. The number of aliphatic carboxylic acids is 1. The molecule has 0 saturated carbocycles. The molecule has 0 bridgehead atoms. The van der Waals surface area contributed by atoms with Crippen LogP contribution in [0, 0.1) is 11.3 Å². The first-order valence-electron chi connectivity index (χ1n) is 3.77. The van der Waals surface area contributed by atoms with Crippen LogP contribution >= 0.6 is 0 Å². The monoisotopic (exact) mass is 156 g/mol. The number of carboxylic acid groups (broad SMARTS) is 1. The minimum Gasteiger partial charge on any atom is -0.481 e. The Morgan fingerprint density at radius 3 is 2.45 bits per heavy atom. The highest BCUT2D eigenvalue weighted by Crippen LogP contribution is 2.29. The van der Waals surface area contributed by atoms with Gasteiger partial charge in [-0.25, -0.2) is 0 Å². The first-order valence-corrected chi connectivity index (χ1v) is 3.77. The second kappa shape index (κ2) is 3.56. The molecule has 0 aromatic carbocycles. The quantitative estimate of drug-likeness (QED) is 0.634. The Balaban J connectivity index is 4.28. The van der Waals surface area contributed by atoms with Crippen LogP contribution < -0.4 is 0 Å². The molecule has 0 aliphatic carbocycles. The molecule has 2 nitrogen and oxygen atoms in total. The van der Waals surface area contributed by atoms with Crippen LogP contribution in [0.1, 0.15) is 27.2 Å². The zero-order valence-electron chi connectivity index (χ0n) is 7.42. The lowest BCUT2D eigenvalue weighted by molar-refractivity contribution is -0.149. The lowest BCUT2D eigenvalue weighted by atomic mass is 9.78. The third kappa shape index (κ3) is 2.37. The third-order valence-electron chi connectivity index (χ3n) is 2.30. The molecule has 2 heteroatoms. The molecule has 1 atom stereocenters. The van der Waals surface area contributed by atoms with Crippen LogP contribution in [0.15, 0.2) is 12.7 Å². The lowest BCUT2D eigenvalue weighted by Crippen LogP contribution is -2.30. The summed E-state index contributed by atoms with van der Waals surface area (Å²) < 4.78 is 0. The molecule has 0 aliphatic rings. The number of rotatable bonds is 4. The number of hydrogen-bond donors (Lipinski definition) is 1.